The van der Waals surface area contributed by atoms with Gasteiger partial charge in [-0.15, -0.1) is 0 Å². The second-order valence-corrected chi connectivity index (χ2v) is 4.46. The lowest BCUT2D eigenvalue weighted by Crippen LogP contribution is -2.48. The second-order valence-electron chi connectivity index (χ2n) is 4.46. The fraction of sp³-hybridized carbons (Fsp3) is 0.462. The SMILES string of the molecule is CC(=O)NC(C(=O)NCc1ccccn1)C(C)C. The van der Waals surface area contributed by atoms with E-state index in [1.165, 1.54) is 6.92 Å². The number of hydrogen-bond acceptors (Lipinski definition) is 3. The Hall–Kier alpha value is -1.91. The molecule has 1 aromatic rings. The number of pyridine rings is 1. The van der Waals surface area contributed by atoms with Crippen molar-refractivity contribution in [2.75, 3.05) is 0 Å². The number of rotatable bonds is 5. The molecule has 2 N–H and O–H groups in total. The molecule has 1 heterocycles. The van der Waals surface area contributed by atoms with Crippen LogP contribution in [0.25, 0.3) is 0 Å². The van der Waals surface area contributed by atoms with E-state index in [1.54, 1.807) is 6.20 Å². The van der Waals surface area contributed by atoms with Crippen molar-refractivity contribution in [3.8, 4) is 0 Å². The first-order valence-corrected chi connectivity index (χ1v) is 5.95. The molecule has 1 atom stereocenters. The highest BCUT2D eigenvalue weighted by atomic mass is 16.2. The molecule has 1 unspecified atom stereocenters. The molecule has 0 bridgehead atoms. The van der Waals surface area contributed by atoms with Gasteiger partial charge in [0.15, 0.2) is 0 Å². The third-order valence-electron chi connectivity index (χ3n) is 2.48. The van der Waals surface area contributed by atoms with E-state index >= 15 is 0 Å². The molecule has 0 aromatic carbocycles. The Kier molecular flexibility index (Phi) is 5.30. The molecule has 0 aliphatic heterocycles. The van der Waals surface area contributed by atoms with Gasteiger partial charge in [0.2, 0.25) is 11.8 Å². The number of nitrogens with one attached hydrogen (secondary N) is 2. The molecular weight excluding hydrogens is 230 g/mol. The molecule has 5 heteroatoms. The standard InChI is InChI=1S/C13H19N3O2/c1-9(2)12(16-10(3)17)13(18)15-8-11-6-4-5-7-14-11/h4-7,9,12H,8H2,1-3H3,(H,15,18)(H,16,17). The van der Waals surface area contributed by atoms with E-state index in [1.807, 2.05) is 32.0 Å². The van der Waals surface area contributed by atoms with Gasteiger partial charge in [-0.05, 0) is 18.1 Å². The Balaban J connectivity index is 2.54. The van der Waals surface area contributed by atoms with Gasteiger partial charge in [0.25, 0.3) is 0 Å². The molecule has 0 fully saturated rings. The molecule has 1 aromatic heterocycles. The molecule has 18 heavy (non-hydrogen) atoms. The summed E-state index contributed by atoms with van der Waals surface area (Å²) in [6.07, 6.45) is 1.68. The predicted octanol–water partition coefficient (Wildman–Crippen LogP) is 0.858. The number of hydrogen-bond donors (Lipinski definition) is 2. The Labute approximate surface area is 107 Å². The molecule has 1 rings (SSSR count). The first-order chi connectivity index (χ1) is 8.50. The lowest BCUT2D eigenvalue weighted by atomic mass is 10.0. The zero-order valence-corrected chi connectivity index (χ0v) is 10.9. The van der Waals surface area contributed by atoms with Crippen LogP contribution in [0.15, 0.2) is 24.4 Å². The third kappa shape index (κ3) is 4.53. The molecule has 0 spiro atoms. The summed E-state index contributed by atoms with van der Waals surface area (Å²) in [5.41, 5.74) is 0.788. The molecule has 0 saturated heterocycles. The van der Waals surface area contributed by atoms with Crippen molar-refractivity contribution in [1.29, 1.82) is 0 Å². The molecule has 2 amide bonds. The van der Waals surface area contributed by atoms with Crippen LogP contribution in [0.2, 0.25) is 0 Å². The lowest BCUT2D eigenvalue weighted by molar-refractivity contribution is -0.129. The summed E-state index contributed by atoms with van der Waals surface area (Å²) < 4.78 is 0. The summed E-state index contributed by atoms with van der Waals surface area (Å²) in [5, 5.41) is 5.41. The highest BCUT2D eigenvalue weighted by molar-refractivity contribution is 5.86. The van der Waals surface area contributed by atoms with Crippen molar-refractivity contribution in [1.82, 2.24) is 15.6 Å². The first-order valence-electron chi connectivity index (χ1n) is 5.95. The molecule has 98 valence electrons. The van der Waals surface area contributed by atoms with Crippen molar-refractivity contribution in [2.45, 2.75) is 33.4 Å². The fourth-order valence-corrected chi connectivity index (χ4v) is 1.54. The van der Waals surface area contributed by atoms with Gasteiger partial charge in [-0.1, -0.05) is 19.9 Å². The normalized spacial score (nSPS) is 12.0. The van der Waals surface area contributed by atoms with E-state index < -0.39 is 6.04 Å². The van der Waals surface area contributed by atoms with Crippen molar-refractivity contribution >= 4 is 11.8 Å². The van der Waals surface area contributed by atoms with Crippen LogP contribution in [-0.4, -0.2) is 22.8 Å². The van der Waals surface area contributed by atoms with Crippen LogP contribution >= 0.6 is 0 Å². The van der Waals surface area contributed by atoms with E-state index in [4.69, 9.17) is 0 Å². The van der Waals surface area contributed by atoms with Crippen molar-refractivity contribution in [2.24, 2.45) is 5.92 Å². The van der Waals surface area contributed by atoms with Crippen LogP contribution in [0, 0.1) is 5.92 Å². The first kappa shape index (κ1) is 14.2. The highest BCUT2D eigenvalue weighted by Crippen LogP contribution is 2.02. The minimum Gasteiger partial charge on any atom is -0.349 e. The zero-order valence-electron chi connectivity index (χ0n) is 10.9. The van der Waals surface area contributed by atoms with E-state index in [9.17, 15) is 9.59 Å². The topological polar surface area (TPSA) is 71.1 Å². The Morgan fingerprint density at radius 2 is 2.06 bits per heavy atom. The van der Waals surface area contributed by atoms with E-state index in [-0.39, 0.29) is 17.7 Å². The van der Waals surface area contributed by atoms with Crippen LogP contribution < -0.4 is 10.6 Å². The average Bonchev–Trinajstić information content (AvgIpc) is 2.34. The third-order valence-corrected chi connectivity index (χ3v) is 2.48. The Morgan fingerprint density at radius 1 is 1.33 bits per heavy atom. The van der Waals surface area contributed by atoms with Gasteiger partial charge in [0.1, 0.15) is 6.04 Å². The van der Waals surface area contributed by atoms with Crippen LogP contribution in [-0.2, 0) is 16.1 Å². The van der Waals surface area contributed by atoms with Crippen LogP contribution in [0.4, 0.5) is 0 Å². The van der Waals surface area contributed by atoms with Gasteiger partial charge in [0.05, 0.1) is 12.2 Å². The van der Waals surface area contributed by atoms with E-state index in [0.29, 0.717) is 6.54 Å². The van der Waals surface area contributed by atoms with Crippen LogP contribution in [0.3, 0.4) is 0 Å². The Bertz CT molecular complexity index is 404. The van der Waals surface area contributed by atoms with E-state index in [0.717, 1.165) is 5.69 Å². The molecule has 0 radical (unpaired) electrons. The minimum absolute atomic E-state index is 0.0395. The zero-order chi connectivity index (χ0) is 13.5. The summed E-state index contributed by atoms with van der Waals surface area (Å²) in [6.45, 7) is 5.55. The number of nitrogens with zero attached hydrogens (tertiary/aromatic N) is 1. The lowest BCUT2D eigenvalue weighted by Gasteiger charge is -2.20. The maximum Gasteiger partial charge on any atom is 0.243 e. The van der Waals surface area contributed by atoms with Crippen molar-refractivity contribution < 1.29 is 9.59 Å². The van der Waals surface area contributed by atoms with Crippen LogP contribution in [0.1, 0.15) is 26.5 Å². The molecular formula is C13H19N3O2. The van der Waals surface area contributed by atoms with Gasteiger partial charge in [0, 0.05) is 13.1 Å². The summed E-state index contributed by atoms with van der Waals surface area (Å²) >= 11 is 0. The van der Waals surface area contributed by atoms with Crippen molar-refractivity contribution in [3.05, 3.63) is 30.1 Å². The highest BCUT2D eigenvalue weighted by Gasteiger charge is 2.22. The largest absolute Gasteiger partial charge is 0.349 e. The molecule has 0 aliphatic rings. The maximum absolute atomic E-state index is 11.9. The molecule has 0 aliphatic carbocycles. The molecule has 0 saturated carbocycles. The van der Waals surface area contributed by atoms with Crippen LogP contribution in [0.5, 0.6) is 0 Å². The smallest absolute Gasteiger partial charge is 0.243 e. The predicted molar refractivity (Wildman–Crippen MR) is 68.5 cm³/mol. The van der Waals surface area contributed by atoms with Gasteiger partial charge < -0.3 is 10.6 Å². The van der Waals surface area contributed by atoms with Gasteiger partial charge in [-0.3, -0.25) is 14.6 Å². The number of carbonyl (C=O) groups is 2. The number of carbonyl (C=O) groups excluding carboxylic acids is 2. The summed E-state index contributed by atoms with van der Waals surface area (Å²) in [7, 11) is 0. The second kappa shape index (κ2) is 6.74. The average molecular weight is 249 g/mol. The van der Waals surface area contributed by atoms with Gasteiger partial charge in [-0.25, -0.2) is 0 Å². The summed E-state index contributed by atoms with van der Waals surface area (Å²) in [6, 6.07) is 5.01. The number of aromatic nitrogens is 1. The van der Waals surface area contributed by atoms with Gasteiger partial charge >= 0.3 is 0 Å². The quantitative estimate of drug-likeness (QED) is 0.813. The Morgan fingerprint density at radius 3 is 2.56 bits per heavy atom. The monoisotopic (exact) mass is 249 g/mol. The molecule has 5 nitrogen and oxygen atoms in total. The fourth-order valence-electron chi connectivity index (χ4n) is 1.54. The van der Waals surface area contributed by atoms with E-state index in [2.05, 4.69) is 15.6 Å². The number of amides is 2. The van der Waals surface area contributed by atoms with Gasteiger partial charge in [-0.2, -0.15) is 0 Å². The van der Waals surface area contributed by atoms with Crippen molar-refractivity contribution in [3.63, 3.8) is 0 Å². The summed E-state index contributed by atoms with van der Waals surface area (Å²) in [4.78, 5) is 27.1. The summed E-state index contributed by atoms with van der Waals surface area (Å²) in [5.74, 6) is -0.356. The minimum atomic E-state index is -0.508. The maximum atomic E-state index is 11.9.